The number of furan rings is 1. The maximum Gasteiger partial charge on any atom is 0.227 e. The van der Waals surface area contributed by atoms with Crippen LogP contribution in [0.1, 0.15) is 82.6 Å². The Bertz CT molecular complexity index is 1240. The summed E-state index contributed by atoms with van der Waals surface area (Å²) < 4.78 is 6.41. The number of nitrogens with zero attached hydrogens (tertiary/aromatic N) is 1. The van der Waals surface area contributed by atoms with Crippen molar-refractivity contribution in [2.45, 2.75) is 72.6 Å². The number of fused-ring (bicyclic) bond motifs is 1. The third-order valence-corrected chi connectivity index (χ3v) is 6.24. The number of aryl methyl sites for hydroxylation is 1. The second-order valence-electron chi connectivity index (χ2n) is 10.7. The van der Waals surface area contributed by atoms with Gasteiger partial charge in [-0.25, -0.2) is 4.98 Å². The number of hydrogen-bond donors (Lipinski definition) is 0. The van der Waals surface area contributed by atoms with Crippen molar-refractivity contribution in [3.63, 3.8) is 0 Å². The van der Waals surface area contributed by atoms with Crippen molar-refractivity contribution in [2.24, 2.45) is 0 Å². The SMILES string of the molecule is Cc1cc(-c2ccc3cc(-c4c(C(C)C)cccc4C(C)C)oc3n2)cc(C(C)(C)C)c1. The minimum absolute atomic E-state index is 0.0938. The molecule has 0 fully saturated rings. The van der Waals surface area contributed by atoms with Crippen LogP contribution in [0.4, 0.5) is 0 Å². The third kappa shape index (κ3) is 4.24. The van der Waals surface area contributed by atoms with Gasteiger partial charge in [0, 0.05) is 16.5 Å². The summed E-state index contributed by atoms with van der Waals surface area (Å²) >= 11 is 0. The number of benzene rings is 2. The van der Waals surface area contributed by atoms with Crippen LogP contribution < -0.4 is 0 Å². The molecule has 0 aliphatic rings. The van der Waals surface area contributed by atoms with Crippen molar-refractivity contribution in [1.82, 2.24) is 4.98 Å². The lowest BCUT2D eigenvalue weighted by Gasteiger charge is -2.20. The van der Waals surface area contributed by atoms with Gasteiger partial charge in [-0.15, -0.1) is 0 Å². The highest BCUT2D eigenvalue weighted by Crippen LogP contribution is 2.39. The van der Waals surface area contributed by atoms with E-state index in [9.17, 15) is 0 Å². The smallest absolute Gasteiger partial charge is 0.227 e. The molecule has 32 heavy (non-hydrogen) atoms. The topological polar surface area (TPSA) is 26.0 Å². The van der Waals surface area contributed by atoms with Crippen molar-refractivity contribution in [1.29, 1.82) is 0 Å². The largest absolute Gasteiger partial charge is 0.438 e. The van der Waals surface area contributed by atoms with Crippen LogP contribution in [0.5, 0.6) is 0 Å². The maximum atomic E-state index is 6.41. The van der Waals surface area contributed by atoms with E-state index in [0.717, 1.165) is 22.4 Å². The Hall–Kier alpha value is -2.87. The van der Waals surface area contributed by atoms with E-state index in [4.69, 9.17) is 9.40 Å². The standard InChI is InChI=1S/C30H35NO/c1-18(2)24-10-9-11-25(19(3)4)28(24)27-17-21-12-13-26(31-29(21)32-27)22-14-20(5)15-23(16-22)30(6,7)8/h9-19H,1-8H3. The first-order valence-corrected chi connectivity index (χ1v) is 11.7. The molecule has 2 nitrogen and oxygen atoms in total. The van der Waals surface area contributed by atoms with E-state index in [1.54, 1.807) is 0 Å². The molecular weight excluding hydrogens is 390 g/mol. The van der Waals surface area contributed by atoms with Gasteiger partial charge in [0.15, 0.2) is 0 Å². The Kier molecular flexibility index (Phi) is 5.75. The van der Waals surface area contributed by atoms with Crippen LogP contribution in [0.2, 0.25) is 0 Å². The first-order chi connectivity index (χ1) is 15.0. The van der Waals surface area contributed by atoms with Crippen LogP contribution in [-0.4, -0.2) is 4.98 Å². The van der Waals surface area contributed by atoms with Crippen molar-refractivity contribution < 1.29 is 4.42 Å². The molecular formula is C30H35NO. The van der Waals surface area contributed by atoms with E-state index in [-0.39, 0.29) is 5.41 Å². The maximum absolute atomic E-state index is 6.41. The summed E-state index contributed by atoms with van der Waals surface area (Å²) in [7, 11) is 0. The van der Waals surface area contributed by atoms with Crippen LogP contribution in [0, 0.1) is 6.92 Å². The van der Waals surface area contributed by atoms with Gasteiger partial charge in [-0.3, -0.25) is 0 Å². The van der Waals surface area contributed by atoms with Crippen molar-refractivity contribution in [3.05, 3.63) is 76.9 Å². The Morgan fingerprint density at radius 2 is 1.47 bits per heavy atom. The van der Waals surface area contributed by atoms with Crippen LogP contribution in [0.3, 0.4) is 0 Å². The molecule has 2 aromatic heterocycles. The molecule has 2 heteroatoms. The van der Waals surface area contributed by atoms with Gasteiger partial charge in [-0.1, -0.05) is 78.3 Å². The molecule has 0 amide bonds. The van der Waals surface area contributed by atoms with Gasteiger partial charge in [-0.05, 0) is 71.2 Å². The molecule has 2 heterocycles. The van der Waals surface area contributed by atoms with Gasteiger partial charge in [0.25, 0.3) is 0 Å². The van der Waals surface area contributed by atoms with Crippen molar-refractivity contribution in [2.75, 3.05) is 0 Å². The molecule has 0 atom stereocenters. The van der Waals surface area contributed by atoms with Gasteiger partial charge in [0.1, 0.15) is 5.76 Å². The van der Waals surface area contributed by atoms with E-state index in [1.165, 1.54) is 27.8 Å². The molecule has 4 aromatic rings. The highest BCUT2D eigenvalue weighted by atomic mass is 16.3. The Labute approximate surface area is 192 Å². The fourth-order valence-electron chi connectivity index (χ4n) is 4.40. The Morgan fingerprint density at radius 3 is 2.06 bits per heavy atom. The number of hydrogen-bond acceptors (Lipinski definition) is 2. The molecule has 0 spiro atoms. The molecule has 4 rings (SSSR count). The molecule has 0 aliphatic heterocycles. The quantitative estimate of drug-likeness (QED) is 0.326. The molecule has 0 unspecified atom stereocenters. The third-order valence-electron chi connectivity index (χ3n) is 6.24. The monoisotopic (exact) mass is 425 g/mol. The average molecular weight is 426 g/mol. The average Bonchev–Trinajstić information content (AvgIpc) is 3.15. The van der Waals surface area contributed by atoms with Crippen molar-refractivity contribution >= 4 is 11.1 Å². The summed E-state index contributed by atoms with van der Waals surface area (Å²) in [5.41, 5.74) is 9.33. The van der Waals surface area contributed by atoms with Crippen molar-refractivity contribution in [3.8, 4) is 22.6 Å². The van der Waals surface area contributed by atoms with Gasteiger partial charge < -0.3 is 4.42 Å². The summed E-state index contributed by atoms with van der Waals surface area (Å²) in [6, 6.07) is 19.7. The summed E-state index contributed by atoms with van der Waals surface area (Å²) in [6.07, 6.45) is 0. The van der Waals surface area contributed by atoms with Crippen LogP contribution in [-0.2, 0) is 5.41 Å². The fourth-order valence-corrected chi connectivity index (χ4v) is 4.40. The van der Waals surface area contributed by atoms with E-state index in [1.807, 2.05) is 0 Å². The van der Waals surface area contributed by atoms with E-state index in [2.05, 4.69) is 110 Å². The lowest BCUT2D eigenvalue weighted by molar-refractivity contribution is 0.590. The highest BCUT2D eigenvalue weighted by molar-refractivity contribution is 5.84. The number of aromatic nitrogens is 1. The summed E-state index contributed by atoms with van der Waals surface area (Å²) in [6.45, 7) is 17.9. The van der Waals surface area contributed by atoms with Gasteiger partial charge in [0.2, 0.25) is 5.71 Å². The zero-order chi connectivity index (χ0) is 23.2. The minimum Gasteiger partial charge on any atom is -0.438 e. The molecule has 0 saturated heterocycles. The number of rotatable bonds is 4. The fraction of sp³-hybridized carbons (Fsp3) is 0.367. The van der Waals surface area contributed by atoms with Crippen LogP contribution in [0.25, 0.3) is 33.7 Å². The van der Waals surface area contributed by atoms with Gasteiger partial charge in [-0.2, -0.15) is 0 Å². The lowest BCUT2D eigenvalue weighted by Crippen LogP contribution is -2.11. The molecule has 0 N–H and O–H groups in total. The summed E-state index contributed by atoms with van der Waals surface area (Å²) in [5.74, 6) is 1.75. The minimum atomic E-state index is 0.0938. The molecule has 2 aromatic carbocycles. The second-order valence-corrected chi connectivity index (χ2v) is 10.7. The highest BCUT2D eigenvalue weighted by Gasteiger charge is 2.20. The van der Waals surface area contributed by atoms with Gasteiger partial charge in [0.05, 0.1) is 5.69 Å². The van der Waals surface area contributed by atoms with Crippen LogP contribution >= 0.6 is 0 Å². The van der Waals surface area contributed by atoms with E-state index in [0.29, 0.717) is 17.5 Å². The predicted octanol–water partition coefficient (Wildman–Crippen LogP) is 9.01. The summed E-state index contributed by atoms with van der Waals surface area (Å²) in [5, 5.41) is 1.04. The zero-order valence-electron chi connectivity index (χ0n) is 20.7. The molecule has 0 saturated carbocycles. The second kappa shape index (κ2) is 8.24. The predicted molar refractivity (Wildman–Crippen MR) is 136 cm³/mol. The number of pyridine rings is 1. The van der Waals surface area contributed by atoms with Gasteiger partial charge >= 0.3 is 0 Å². The first-order valence-electron chi connectivity index (χ1n) is 11.7. The summed E-state index contributed by atoms with van der Waals surface area (Å²) in [4.78, 5) is 4.94. The zero-order valence-corrected chi connectivity index (χ0v) is 20.7. The molecule has 0 aliphatic carbocycles. The molecule has 0 bridgehead atoms. The van der Waals surface area contributed by atoms with Crippen LogP contribution in [0.15, 0.2) is 59.0 Å². The first kappa shape index (κ1) is 22.3. The Balaban J connectivity index is 1.86. The van der Waals surface area contributed by atoms with E-state index >= 15 is 0 Å². The molecule has 166 valence electrons. The normalized spacial score (nSPS) is 12.3. The van der Waals surface area contributed by atoms with E-state index < -0.39 is 0 Å². The Morgan fingerprint density at radius 1 is 0.812 bits per heavy atom. The lowest BCUT2D eigenvalue weighted by atomic mass is 9.85. The molecule has 0 radical (unpaired) electrons.